The van der Waals surface area contributed by atoms with Gasteiger partial charge in [0.2, 0.25) is 0 Å². The van der Waals surface area contributed by atoms with Crippen LogP contribution in [0.2, 0.25) is 0 Å². The van der Waals surface area contributed by atoms with Crippen LogP contribution in [-0.4, -0.2) is 110 Å². The van der Waals surface area contributed by atoms with Crippen molar-refractivity contribution in [3.05, 3.63) is 101 Å². The fourth-order valence-electron chi connectivity index (χ4n) is 5.48. The molecule has 16 nitrogen and oxygen atoms in total. The Morgan fingerprint density at radius 3 is 1.66 bits per heavy atom. The average Bonchev–Trinajstić information content (AvgIpc) is 3.50. The predicted octanol–water partition coefficient (Wildman–Crippen LogP) is 0.284. The number of hydrogen-bond acceptors (Lipinski definition) is 16. The van der Waals surface area contributed by atoms with Gasteiger partial charge in [-0.2, -0.15) is 0 Å². The molecule has 53 heavy (non-hydrogen) atoms. The number of rotatable bonds is 12. The molecular weight excluding hydrogens is 728 g/mol. The second kappa shape index (κ2) is 16.7. The van der Waals surface area contributed by atoms with Gasteiger partial charge in [0, 0.05) is 24.5 Å². The molecule has 0 fully saturated rings. The summed E-state index contributed by atoms with van der Waals surface area (Å²) in [7, 11) is 0. The molecular formula is C36H28CaO16. The summed E-state index contributed by atoms with van der Waals surface area (Å²) in [6.45, 7) is 0. The molecule has 270 valence electrons. The smallest absolute Gasteiger partial charge is 0.546 e. The van der Waals surface area contributed by atoms with Crippen molar-refractivity contribution in [2.75, 3.05) is 0 Å². The predicted molar refractivity (Wildman–Crippen MR) is 176 cm³/mol. The number of carboxylic acid groups (broad SMARTS) is 2. The van der Waals surface area contributed by atoms with E-state index in [0.717, 1.165) is 54.6 Å². The molecule has 4 aromatic carbocycles. The molecule has 0 unspecified atom stereocenters. The molecule has 0 saturated carbocycles. The van der Waals surface area contributed by atoms with Crippen molar-refractivity contribution in [3.63, 3.8) is 0 Å². The normalized spacial score (nSPS) is 15.7. The number of carbonyl (C=O) groups is 4. The Kier molecular flexibility index (Phi) is 12.6. The summed E-state index contributed by atoms with van der Waals surface area (Å²) in [5.41, 5.74) is 0.269. The Balaban J connectivity index is 0.00000627. The van der Waals surface area contributed by atoms with Gasteiger partial charge in [0.1, 0.15) is 24.2 Å². The first-order valence-corrected chi connectivity index (χ1v) is 15.2. The van der Waals surface area contributed by atoms with E-state index in [4.69, 9.17) is 14.2 Å². The number of phenols is 7. The second-order valence-corrected chi connectivity index (χ2v) is 11.6. The maximum Gasteiger partial charge on any atom is 2.00 e. The van der Waals surface area contributed by atoms with Crippen LogP contribution in [0.1, 0.15) is 39.8 Å². The van der Waals surface area contributed by atoms with Crippen molar-refractivity contribution in [1.82, 2.24) is 0 Å². The third-order valence-electron chi connectivity index (χ3n) is 8.01. The number of fused-ring (bicyclic) bond motifs is 1. The summed E-state index contributed by atoms with van der Waals surface area (Å²) in [5.74, 6) is -11.6. The minimum absolute atomic E-state index is 0. The van der Waals surface area contributed by atoms with E-state index in [-0.39, 0.29) is 71.3 Å². The molecule has 0 aromatic heterocycles. The number of aliphatic carboxylic acids is 2. The molecule has 0 bridgehead atoms. The fraction of sp³-hybridized carbons (Fsp3) is 0.167. The third kappa shape index (κ3) is 9.15. The van der Waals surface area contributed by atoms with E-state index in [0.29, 0.717) is 0 Å². The topological polar surface area (TPSA) is 284 Å². The summed E-state index contributed by atoms with van der Waals surface area (Å²) >= 11 is 0. The number of phenolic OH excluding ortho intramolecular Hbond substituents is 7. The van der Waals surface area contributed by atoms with Crippen molar-refractivity contribution < 1.29 is 79.3 Å². The first kappa shape index (κ1) is 39.9. The molecule has 17 heteroatoms. The fourth-order valence-corrected chi connectivity index (χ4v) is 5.48. The first-order chi connectivity index (χ1) is 24.6. The van der Waals surface area contributed by atoms with Gasteiger partial charge in [-0.15, -0.1) is 0 Å². The Morgan fingerprint density at radius 1 is 0.660 bits per heavy atom. The zero-order valence-electron chi connectivity index (χ0n) is 27.2. The number of carboxylic acids is 2. The number of esters is 2. The number of ether oxygens (including phenoxy) is 3. The van der Waals surface area contributed by atoms with Crippen LogP contribution < -0.4 is 14.9 Å². The van der Waals surface area contributed by atoms with Gasteiger partial charge in [-0.1, -0.05) is 24.3 Å². The van der Waals surface area contributed by atoms with Crippen LogP contribution >= 0.6 is 0 Å². The van der Waals surface area contributed by atoms with Gasteiger partial charge in [-0.25, -0.2) is 4.79 Å². The van der Waals surface area contributed by atoms with Crippen LogP contribution in [0.4, 0.5) is 0 Å². The maximum absolute atomic E-state index is 13.9. The van der Waals surface area contributed by atoms with Gasteiger partial charge in [0.25, 0.3) is 0 Å². The number of aromatic hydroxyl groups is 7. The van der Waals surface area contributed by atoms with Crippen LogP contribution in [0.3, 0.4) is 0 Å². The number of benzene rings is 4. The SMILES string of the molecule is O=C(/C=C/c1ccc(O)c2c1[C@@H](C(=O)O[C@H](Cc1ccc(O)c(O)c1)C(=O)[O-])[C@H](c1ccc(O)c(O)c1)O2)O[C@H](Cc1ccc(O)c(O)c1)C(=O)[O-].[Ca+2]. The van der Waals surface area contributed by atoms with Crippen molar-refractivity contribution in [1.29, 1.82) is 0 Å². The average molecular weight is 757 g/mol. The van der Waals surface area contributed by atoms with Crippen LogP contribution in [0.5, 0.6) is 46.0 Å². The summed E-state index contributed by atoms with van der Waals surface area (Å²) in [6.07, 6.45) is -4.31. The van der Waals surface area contributed by atoms with E-state index in [1.165, 1.54) is 24.3 Å². The van der Waals surface area contributed by atoms with Crippen molar-refractivity contribution >= 4 is 67.7 Å². The molecule has 5 rings (SSSR count). The van der Waals surface area contributed by atoms with E-state index in [9.17, 15) is 65.1 Å². The summed E-state index contributed by atoms with van der Waals surface area (Å²) < 4.78 is 16.3. The maximum atomic E-state index is 13.9. The van der Waals surface area contributed by atoms with Gasteiger partial charge in [-0.3, -0.25) is 4.79 Å². The summed E-state index contributed by atoms with van der Waals surface area (Å²) in [5, 5.41) is 93.3. The zero-order valence-corrected chi connectivity index (χ0v) is 29.4. The molecule has 7 N–H and O–H groups in total. The third-order valence-corrected chi connectivity index (χ3v) is 8.01. The Bertz CT molecular complexity index is 2090. The van der Waals surface area contributed by atoms with Crippen LogP contribution in [0.25, 0.3) is 6.08 Å². The minimum Gasteiger partial charge on any atom is -0.546 e. The van der Waals surface area contributed by atoms with Crippen molar-refractivity contribution in [3.8, 4) is 46.0 Å². The standard InChI is InChI=1S/C36H30O16.Ca/c37-20-6-1-16(11-24(20)41)13-27(34(45)46)50-29(44)10-5-18-3-9-23(40)33-30(18)31(32(52-33)19-4-8-22(39)26(43)15-19)36(49)51-28(35(47)48)14-17-2-7-21(38)25(42)12-17;/h1-12,15,27-28,31-32,37-43H,13-14H2,(H,45,46)(H,47,48);/q;+2/p-2/b10-5+;/t27-,28-,31-,32+;/m1./s1. The molecule has 0 aliphatic carbocycles. The second-order valence-electron chi connectivity index (χ2n) is 11.6. The van der Waals surface area contributed by atoms with E-state index >= 15 is 0 Å². The van der Waals surface area contributed by atoms with Gasteiger partial charge in [0.05, 0.1) is 11.9 Å². The number of hydrogen-bond donors (Lipinski definition) is 7. The molecule has 0 amide bonds. The quantitative estimate of drug-likeness (QED) is 0.0442. The Labute approximate surface area is 329 Å². The van der Waals surface area contributed by atoms with E-state index < -0.39 is 101 Å². The van der Waals surface area contributed by atoms with Gasteiger partial charge < -0.3 is 69.8 Å². The van der Waals surface area contributed by atoms with Crippen molar-refractivity contribution in [2.45, 2.75) is 37.1 Å². The van der Waals surface area contributed by atoms with Crippen LogP contribution in [-0.2, 0) is 41.5 Å². The largest absolute Gasteiger partial charge is 2.00 e. The number of carbonyl (C=O) groups excluding carboxylic acids is 4. The molecule has 4 aromatic rings. The van der Waals surface area contributed by atoms with Crippen molar-refractivity contribution in [2.24, 2.45) is 0 Å². The molecule has 1 aliphatic heterocycles. The van der Waals surface area contributed by atoms with Crippen LogP contribution in [0, 0.1) is 0 Å². The molecule has 4 atom stereocenters. The minimum atomic E-state index is -1.96. The van der Waals surface area contributed by atoms with Crippen LogP contribution in [0.15, 0.2) is 72.8 Å². The van der Waals surface area contributed by atoms with E-state index in [1.807, 2.05) is 0 Å². The van der Waals surface area contributed by atoms with Gasteiger partial charge >= 0.3 is 49.7 Å². The monoisotopic (exact) mass is 756 g/mol. The molecule has 1 heterocycles. The molecule has 0 spiro atoms. The summed E-state index contributed by atoms with van der Waals surface area (Å²) in [4.78, 5) is 50.6. The Morgan fingerprint density at radius 2 is 1.15 bits per heavy atom. The van der Waals surface area contributed by atoms with Gasteiger partial charge in [-0.05, 0) is 70.8 Å². The summed E-state index contributed by atoms with van der Waals surface area (Å²) in [6, 6.07) is 12.7. The zero-order chi connectivity index (χ0) is 37.9. The molecule has 0 saturated heterocycles. The van der Waals surface area contributed by atoms with Gasteiger partial charge in [0.15, 0.2) is 46.0 Å². The Hall–Kier alpha value is -5.84. The van der Waals surface area contributed by atoms with E-state index in [1.54, 1.807) is 0 Å². The van der Waals surface area contributed by atoms with E-state index in [2.05, 4.69) is 0 Å². The first-order valence-electron chi connectivity index (χ1n) is 15.2. The molecule has 1 aliphatic rings. The molecule has 0 radical (unpaired) electrons.